The molecule has 144 valence electrons. The predicted octanol–water partition coefficient (Wildman–Crippen LogP) is 3.26. The van der Waals surface area contributed by atoms with Crippen LogP contribution in [0, 0.1) is 11.8 Å². The highest BCUT2D eigenvalue weighted by molar-refractivity contribution is 5.81. The maximum atomic E-state index is 12.7. The Balaban J connectivity index is 1.41. The first-order chi connectivity index (χ1) is 12.6. The molecular formula is C22H35N3O. The second kappa shape index (κ2) is 9.52. The minimum absolute atomic E-state index is 0.156. The summed E-state index contributed by atoms with van der Waals surface area (Å²) in [6, 6.07) is 10.4. The van der Waals surface area contributed by atoms with Gasteiger partial charge in [0.05, 0.1) is 6.04 Å². The fourth-order valence-corrected chi connectivity index (χ4v) is 4.60. The minimum atomic E-state index is -0.293. The number of likely N-dealkylation sites (tertiary alicyclic amines) is 1. The van der Waals surface area contributed by atoms with Crippen LogP contribution in [0.3, 0.4) is 0 Å². The highest BCUT2D eigenvalue weighted by Crippen LogP contribution is 2.27. The Morgan fingerprint density at radius 1 is 1.12 bits per heavy atom. The summed E-state index contributed by atoms with van der Waals surface area (Å²) in [5.74, 6) is 1.16. The van der Waals surface area contributed by atoms with E-state index >= 15 is 0 Å². The van der Waals surface area contributed by atoms with Crippen LogP contribution in [0.25, 0.3) is 0 Å². The lowest BCUT2D eigenvalue weighted by molar-refractivity contribution is -0.133. The van der Waals surface area contributed by atoms with Gasteiger partial charge in [0.25, 0.3) is 0 Å². The van der Waals surface area contributed by atoms with Crippen molar-refractivity contribution in [1.29, 1.82) is 0 Å². The molecule has 0 bridgehead atoms. The summed E-state index contributed by atoms with van der Waals surface area (Å²) in [5, 5.41) is 0. The van der Waals surface area contributed by atoms with Crippen molar-refractivity contribution in [3.63, 3.8) is 0 Å². The molecular weight excluding hydrogens is 322 g/mol. The first-order valence-electron chi connectivity index (χ1n) is 10.4. The molecule has 1 aromatic rings. The monoisotopic (exact) mass is 357 g/mol. The Morgan fingerprint density at radius 2 is 1.77 bits per heavy atom. The van der Waals surface area contributed by atoms with E-state index in [0.717, 1.165) is 39.0 Å². The molecule has 1 saturated carbocycles. The zero-order valence-electron chi connectivity index (χ0n) is 16.3. The zero-order chi connectivity index (χ0) is 18.4. The topological polar surface area (TPSA) is 49.6 Å². The van der Waals surface area contributed by atoms with Crippen molar-refractivity contribution in [2.45, 2.75) is 57.5 Å². The third-order valence-corrected chi connectivity index (χ3v) is 6.31. The van der Waals surface area contributed by atoms with Crippen LogP contribution in [0.15, 0.2) is 30.3 Å². The Morgan fingerprint density at radius 3 is 2.42 bits per heavy atom. The number of benzene rings is 1. The highest BCUT2D eigenvalue weighted by Gasteiger charge is 2.29. The molecule has 1 aliphatic carbocycles. The molecule has 26 heavy (non-hydrogen) atoms. The summed E-state index contributed by atoms with van der Waals surface area (Å²) in [4.78, 5) is 17.2. The van der Waals surface area contributed by atoms with Crippen LogP contribution in [0.2, 0.25) is 0 Å². The number of nitrogens with zero attached hydrogens (tertiary/aromatic N) is 2. The number of piperidine rings is 1. The fraction of sp³-hybridized carbons (Fsp3) is 0.682. The minimum Gasteiger partial charge on any atom is -0.344 e. The number of carbonyl (C=O) groups excluding carboxylic acids is 1. The molecule has 4 nitrogen and oxygen atoms in total. The zero-order valence-corrected chi connectivity index (χ0v) is 16.3. The number of hydrogen-bond acceptors (Lipinski definition) is 3. The van der Waals surface area contributed by atoms with Crippen molar-refractivity contribution in [2.24, 2.45) is 17.6 Å². The van der Waals surface area contributed by atoms with E-state index in [-0.39, 0.29) is 11.9 Å². The number of carbonyl (C=O) groups is 1. The molecule has 2 fully saturated rings. The van der Waals surface area contributed by atoms with Crippen molar-refractivity contribution < 1.29 is 4.79 Å². The van der Waals surface area contributed by atoms with E-state index in [1.165, 1.54) is 37.7 Å². The SMILES string of the molecule is CN(CC1CCN(Cc2ccccc2)CC1)C(=O)[C@@H](N)C1CCCCC1. The molecule has 1 amide bonds. The van der Waals surface area contributed by atoms with Gasteiger partial charge in [-0.15, -0.1) is 0 Å². The maximum absolute atomic E-state index is 12.7. The lowest BCUT2D eigenvalue weighted by Gasteiger charge is -2.35. The smallest absolute Gasteiger partial charge is 0.239 e. The quantitative estimate of drug-likeness (QED) is 0.850. The molecule has 1 aliphatic heterocycles. The first-order valence-corrected chi connectivity index (χ1v) is 10.4. The first kappa shape index (κ1) is 19.4. The Hall–Kier alpha value is -1.39. The number of rotatable bonds is 6. The van der Waals surface area contributed by atoms with Crippen molar-refractivity contribution in [3.8, 4) is 0 Å². The van der Waals surface area contributed by atoms with Crippen molar-refractivity contribution in [2.75, 3.05) is 26.7 Å². The van der Waals surface area contributed by atoms with Crippen LogP contribution in [0.4, 0.5) is 0 Å². The van der Waals surface area contributed by atoms with E-state index in [1.54, 1.807) is 0 Å². The van der Waals surface area contributed by atoms with Crippen molar-refractivity contribution in [3.05, 3.63) is 35.9 Å². The van der Waals surface area contributed by atoms with Gasteiger partial charge in [0.15, 0.2) is 0 Å². The Bertz CT molecular complexity index is 548. The van der Waals surface area contributed by atoms with Gasteiger partial charge < -0.3 is 10.6 Å². The van der Waals surface area contributed by atoms with Gasteiger partial charge in [-0.05, 0) is 56.2 Å². The van der Waals surface area contributed by atoms with Crippen LogP contribution in [-0.2, 0) is 11.3 Å². The number of amides is 1. The van der Waals surface area contributed by atoms with E-state index < -0.39 is 0 Å². The van der Waals surface area contributed by atoms with Gasteiger partial charge in [0, 0.05) is 20.1 Å². The standard InChI is InChI=1S/C22H35N3O/c1-24(22(26)21(23)20-10-6-3-7-11-20)16-19-12-14-25(15-13-19)17-18-8-4-2-5-9-18/h2,4-5,8-9,19-21H,3,6-7,10-17,23H2,1H3/t21-/m0/s1. The third-order valence-electron chi connectivity index (χ3n) is 6.31. The molecule has 0 spiro atoms. The summed E-state index contributed by atoms with van der Waals surface area (Å²) in [7, 11) is 1.95. The molecule has 1 atom stereocenters. The van der Waals surface area contributed by atoms with E-state index in [2.05, 4.69) is 35.2 Å². The lowest BCUT2D eigenvalue weighted by Crippen LogP contribution is -2.48. The lowest BCUT2D eigenvalue weighted by atomic mass is 9.83. The van der Waals surface area contributed by atoms with Gasteiger partial charge >= 0.3 is 0 Å². The summed E-state index contributed by atoms with van der Waals surface area (Å²) in [6.45, 7) is 4.14. The highest BCUT2D eigenvalue weighted by atomic mass is 16.2. The molecule has 2 N–H and O–H groups in total. The van der Waals surface area contributed by atoms with Crippen LogP contribution < -0.4 is 5.73 Å². The average Bonchev–Trinajstić information content (AvgIpc) is 2.70. The molecule has 0 aromatic heterocycles. The van der Waals surface area contributed by atoms with E-state index in [9.17, 15) is 4.79 Å². The normalized spacial score (nSPS) is 21.5. The number of nitrogens with two attached hydrogens (primary N) is 1. The second-order valence-electron chi connectivity index (χ2n) is 8.35. The van der Waals surface area contributed by atoms with E-state index in [0.29, 0.717) is 11.8 Å². The summed E-state index contributed by atoms with van der Waals surface area (Å²) in [5.41, 5.74) is 7.69. The molecule has 1 saturated heterocycles. The fourth-order valence-electron chi connectivity index (χ4n) is 4.60. The molecule has 0 unspecified atom stereocenters. The van der Waals surface area contributed by atoms with Crippen LogP contribution >= 0.6 is 0 Å². The van der Waals surface area contributed by atoms with Crippen molar-refractivity contribution in [1.82, 2.24) is 9.80 Å². The number of hydrogen-bond donors (Lipinski definition) is 1. The van der Waals surface area contributed by atoms with Crippen LogP contribution in [-0.4, -0.2) is 48.4 Å². The van der Waals surface area contributed by atoms with Gasteiger partial charge in [-0.3, -0.25) is 9.69 Å². The summed E-state index contributed by atoms with van der Waals surface area (Å²) < 4.78 is 0. The van der Waals surface area contributed by atoms with Crippen LogP contribution in [0.5, 0.6) is 0 Å². The largest absolute Gasteiger partial charge is 0.344 e. The van der Waals surface area contributed by atoms with Gasteiger partial charge in [-0.2, -0.15) is 0 Å². The maximum Gasteiger partial charge on any atom is 0.239 e. The summed E-state index contributed by atoms with van der Waals surface area (Å²) >= 11 is 0. The average molecular weight is 358 g/mol. The Kier molecular flexibility index (Phi) is 7.09. The number of likely N-dealkylation sites (N-methyl/N-ethyl adjacent to an activating group) is 1. The van der Waals surface area contributed by atoms with E-state index in [1.807, 2.05) is 11.9 Å². The molecule has 2 aliphatic rings. The van der Waals surface area contributed by atoms with Gasteiger partial charge in [-0.1, -0.05) is 49.6 Å². The summed E-state index contributed by atoms with van der Waals surface area (Å²) in [6.07, 6.45) is 8.35. The van der Waals surface area contributed by atoms with Crippen molar-refractivity contribution >= 4 is 5.91 Å². The van der Waals surface area contributed by atoms with Crippen LogP contribution in [0.1, 0.15) is 50.5 Å². The van der Waals surface area contributed by atoms with Gasteiger partial charge in [0.2, 0.25) is 5.91 Å². The Labute approximate surface area is 158 Å². The molecule has 0 radical (unpaired) electrons. The van der Waals surface area contributed by atoms with Gasteiger partial charge in [0.1, 0.15) is 0 Å². The third kappa shape index (κ3) is 5.31. The van der Waals surface area contributed by atoms with Gasteiger partial charge in [-0.25, -0.2) is 0 Å². The van der Waals surface area contributed by atoms with E-state index in [4.69, 9.17) is 5.73 Å². The molecule has 1 heterocycles. The second-order valence-corrected chi connectivity index (χ2v) is 8.35. The molecule has 1 aromatic carbocycles. The molecule has 3 rings (SSSR count). The molecule has 4 heteroatoms. The predicted molar refractivity (Wildman–Crippen MR) is 107 cm³/mol.